The number of nitrogen functional groups attached to an aromatic ring is 1. The zero-order chi connectivity index (χ0) is 9.14. The molecule has 0 aromatic carbocycles. The van der Waals surface area contributed by atoms with Crippen LogP contribution in [0.2, 0.25) is 0 Å². The van der Waals surface area contributed by atoms with Crippen LogP contribution in [-0.4, -0.2) is 16.1 Å². The van der Waals surface area contributed by atoms with E-state index in [1.54, 1.807) is 19.1 Å². The van der Waals surface area contributed by atoms with E-state index in [0.717, 1.165) is 0 Å². The van der Waals surface area contributed by atoms with Gasteiger partial charge in [-0.05, 0) is 18.6 Å². The van der Waals surface area contributed by atoms with E-state index in [0.29, 0.717) is 11.4 Å². The first kappa shape index (κ1) is 15.4. The van der Waals surface area contributed by atoms with Crippen molar-refractivity contribution in [1.82, 2.24) is 4.98 Å². The molecule has 1 rings (SSSR count). The van der Waals surface area contributed by atoms with Crippen molar-refractivity contribution in [1.29, 1.82) is 0 Å². The molecule has 1 heterocycles. The molecule has 0 aliphatic heterocycles. The second-order valence-electron chi connectivity index (χ2n) is 2.31. The number of carboxylic acids is 1. The number of carboxylic acid groups (broad SMARTS) is 1. The first-order valence-electron chi connectivity index (χ1n) is 3.32. The summed E-state index contributed by atoms with van der Waals surface area (Å²) >= 11 is 0. The van der Waals surface area contributed by atoms with E-state index in [4.69, 9.17) is 10.9 Å². The smallest absolute Gasteiger partial charge is 0.354 e. The van der Waals surface area contributed by atoms with Crippen LogP contribution in [0.3, 0.4) is 0 Å². The lowest BCUT2D eigenvalue weighted by Crippen LogP contribution is -2.11. The van der Waals surface area contributed by atoms with Crippen LogP contribution in [0.15, 0.2) is 12.1 Å². The number of carbonyl (C=O) groups is 1. The number of rotatable bonds is 2. The van der Waals surface area contributed by atoms with Gasteiger partial charge in [-0.25, -0.2) is 15.6 Å². The maximum absolute atomic E-state index is 10.6. The first-order chi connectivity index (χ1) is 5.65. The average molecular weight is 240 g/mol. The van der Waals surface area contributed by atoms with Gasteiger partial charge in [0.25, 0.3) is 0 Å². The van der Waals surface area contributed by atoms with E-state index in [-0.39, 0.29) is 30.5 Å². The Kier molecular flexibility index (Phi) is 7.08. The molecule has 4 N–H and O–H groups in total. The van der Waals surface area contributed by atoms with Gasteiger partial charge in [-0.3, -0.25) is 0 Å². The minimum atomic E-state index is -1.05. The predicted octanol–water partition coefficient (Wildman–Crippen LogP) is 1.22. The lowest BCUT2D eigenvalue weighted by atomic mass is 10.2. The lowest BCUT2D eigenvalue weighted by Gasteiger charge is -2.02. The SMILES string of the molecule is Cc1ccc(NN)nc1C(=O)O.Cl.Cl. The third kappa shape index (κ3) is 3.37. The molecular weight excluding hydrogens is 229 g/mol. The van der Waals surface area contributed by atoms with Gasteiger partial charge < -0.3 is 10.5 Å². The molecule has 0 saturated carbocycles. The van der Waals surface area contributed by atoms with E-state index >= 15 is 0 Å². The summed E-state index contributed by atoms with van der Waals surface area (Å²) in [6, 6.07) is 3.26. The van der Waals surface area contributed by atoms with Gasteiger partial charge in [0.2, 0.25) is 0 Å². The Morgan fingerprint density at radius 3 is 2.50 bits per heavy atom. The van der Waals surface area contributed by atoms with Crippen LogP contribution < -0.4 is 11.3 Å². The molecule has 1 aromatic rings. The van der Waals surface area contributed by atoms with Crippen LogP contribution in [0.4, 0.5) is 5.82 Å². The number of aromatic nitrogens is 1. The summed E-state index contributed by atoms with van der Waals surface area (Å²) in [5.74, 6) is 4.36. The number of aryl methyl sites for hydroxylation is 1. The number of hydrogen-bond acceptors (Lipinski definition) is 4. The Hall–Kier alpha value is -1.04. The normalized spacial score (nSPS) is 8.14. The Morgan fingerprint density at radius 1 is 1.50 bits per heavy atom. The summed E-state index contributed by atoms with van der Waals surface area (Å²) in [6.07, 6.45) is 0. The van der Waals surface area contributed by atoms with Crippen molar-refractivity contribution in [3.63, 3.8) is 0 Å². The monoisotopic (exact) mass is 239 g/mol. The van der Waals surface area contributed by atoms with Gasteiger partial charge >= 0.3 is 5.97 Å². The third-order valence-electron chi connectivity index (χ3n) is 1.45. The second-order valence-corrected chi connectivity index (χ2v) is 2.31. The number of nitrogens with zero attached hydrogens (tertiary/aromatic N) is 1. The number of anilines is 1. The fraction of sp³-hybridized carbons (Fsp3) is 0.143. The highest BCUT2D eigenvalue weighted by atomic mass is 35.5. The molecule has 0 radical (unpaired) electrons. The molecule has 0 aliphatic carbocycles. The van der Waals surface area contributed by atoms with Crippen molar-refractivity contribution in [3.05, 3.63) is 23.4 Å². The zero-order valence-corrected chi connectivity index (χ0v) is 8.98. The van der Waals surface area contributed by atoms with Crippen molar-refractivity contribution >= 4 is 36.6 Å². The maximum atomic E-state index is 10.6. The van der Waals surface area contributed by atoms with Crippen molar-refractivity contribution in [2.45, 2.75) is 6.92 Å². The quantitative estimate of drug-likeness (QED) is 0.534. The predicted molar refractivity (Wildman–Crippen MR) is 58.2 cm³/mol. The fourth-order valence-corrected chi connectivity index (χ4v) is 0.826. The van der Waals surface area contributed by atoms with Gasteiger partial charge in [0.15, 0.2) is 5.69 Å². The van der Waals surface area contributed by atoms with Gasteiger partial charge in [0.1, 0.15) is 5.82 Å². The number of hydrazine groups is 1. The van der Waals surface area contributed by atoms with Crippen LogP contribution in [0.5, 0.6) is 0 Å². The molecule has 0 aliphatic rings. The molecule has 1 aromatic heterocycles. The van der Waals surface area contributed by atoms with Gasteiger partial charge in [-0.1, -0.05) is 6.07 Å². The number of nitrogens with one attached hydrogen (secondary N) is 1. The summed E-state index contributed by atoms with van der Waals surface area (Å²) in [5.41, 5.74) is 2.91. The van der Waals surface area contributed by atoms with E-state index in [1.807, 2.05) is 0 Å². The fourth-order valence-electron chi connectivity index (χ4n) is 0.826. The first-order valence-corrected chi connectivity index (χ1v) is 3.32. The van der Waals surface area contributed by atoms with Crippen LogP contribution >= 0.6 is 24.8 Å². The third-order valence-corrected chi connectivity index (χ3v) is 1.45. The van der Waals surface area contributed by atoms with E-state index in [1.165, 1.54) is 0 Å². The van der Waals surface area contributed by atoms with Crippen molar-refractivity contribution < 1.29 is 9.90 Å². The molecule has 80 valence electrons. The molecule has 0 fully saturated rings. The van der Waals surface area contributed by atoms with Crippen molar-refractivity contribution in [3.8, 4) is 0 Å². The zero-order valence-electron chi connectivity index (χ0n) is 7.35. The molecule has 0 unspecified atom stereocenters. The van der Waals surface area contributed by atoms with Crippen LogP contribution in [0, 0.1) is 6.92 Å². The van der Waals surface area contributed by atoms with Crippen molar-refractivity contribution in [2.24, 2.45) is 5.84 Å². The molecule has 7 heteroatoms. The number of halogens is 2. The van der Waals surface area contributed by atoms with Crippen LogP contribution in [-0.2, 0) is 0 Å². The van der Waals surface area contributed by atoms with Crippen LogP contribution in [0.25, 0.3) is 0 Å². The molecule has 0 atom stereocenters. The van der Waals surface area contributed by atoms with Gasteiger partial charge in [0.05, 0.1) is 0 Å². The second kappa shape index (κ2) is 6.42. The summed E-state index contributed by atoms with van der Waals surface area (Å²) in [6.45, 7) is 1.68. The number of hydrogen-bond donors (Lipinski definition) is 3. The highest BCUT2D eigenvalue weighted by Crippen LogP contribution is 2.08. The number of nitrogens with two attached hydrogens (primary N) is 1. The Bertz CT molecular complexity index is 320. The summed E-state index contributed by atoms with van der Waals surface area (Å²) in [7, 11) is 0. The Labute approximate surface area is 93.5 Å². The highest BCUT2D eigenvalue weighted by molar-refractivity contribution is 5.87. The maximum Gasteiger partial charge on any atom is 0.354 e. The summed E-state index contributed by atoms with van der Waals surface area (Å²) in [4.78, 5) is 14.3. The molecule has 5 nitrogen and oxygen atoms in total. The largest absolute Gasteiger partial charge is 0.477 e. The molecule has 14 heavy (non-hydrogen) atoms. The Balaban J connectivity index is 0. The Morgan fingerprint density at radius 2 is 2.07 bits per heavy atom. The minimum Gasteiger partial charge on any atom is -0.477 e. The summed E-state index contributed by atoms with van der Waals surface area (Å²) in [5, 5.41) is 8.65. The minimum absolute atomic E-state index is 0. The van der Waals surface area contributed by atoms with E-state index < -0.39 is 5.97 Å². The van der Waals surface area contributed by atoms with Crippen LogP contribution in [0.1, 0.15) is 16.1 Å². The molecule has 0 saturated heterocycles. The molecule has 0 spiro atoms. The molecule has 0 bridgehead atoms. The lowest BCUT2D eigenvalue weighted by molar-refractivity contribution is 0.0690. The standard InChI is InChI=1S/C7H9N3O2.2ClH/c1-4-2-3-5(10-8)9-6(4)7(11)12;;/h2-3H,8H2,1H3,(H,9,10)(H,11,12);2*1H. The number of aromatic carboxylic acids is 1. The van der Waals surface area contributed by atoms with E-state index in [9.17, 15) is 4.79 Å². The number of pyridine rings is 1. The average Bonchev–Trinajstić information content (AvgIpc) is 2.05. The van der Waals surface area contributed by atoms with Gasteiger partial charge in [-0.2, -0.15) is 0 Å². The van der Waals surface area contributed by atoms with Gasteiger partial charge in [0, 0.05) is 0 Å². The highest BCUT2D eigenvalue weighted by Gasteiger charge is 2.08. The molecule has 0 amide bonds. The van der Waals surface area contributed by atoms with Gasteiger partial charge in [-0.15, -0.1) is 24.8 Å². The topological polar surface area (TPSA) is 88.2 Å². The van der Waals surface area contributed by atoms with Crippen molar-refractivity contribution in [2.75, 3.05) is 5.43 Å². The summed E-state index contributed by atoms with van der Waals surface area (Å²) < 4.78 is 0. The van der Waals surface area contributed by atoms with E-state index in [2.05, 4.69) is 10.4 Å². The molecular formula is C7H11Cl2N3O2.